The largest absolute Gasteiger partial charge is 0.496 e. The van der Waals surface area contributed by atoms with E-state index in [-0.39, 0.29) is 11.6 Å². The molecule has 4 aromatic rings. The monoisotopic (exact) mass is 438 g/mol. The van der Waals surface area contributed by atoms with Crippen LogP contribution in [-0.4, -0.2) is 7.11 Å². The molecule has 0 amide bonds. The molecule has 4 rings (SSSR count). The fraction of sp³-hybridized carbons (Fsp3) is 0.0833. The van der Waals surface area contributed by atoms with E-state index in [1.807, 2.05) is 43.3 Å². The van der Waals surface area contributed by atoms with Gasteiger partial charge in [-0.05, 0) is 65.2 Å². The molecule has 0 aliphatic heterocycles. The Labute approximate surface area is 170 Å². The van der Waals surface area contributed by atoms with Gasteiger partial charge in [0.1, 0.15) is 17.4 Å². The summed E-state index contributed by atoms with van der Waals surface area (Å²) in [6.07, 6.45) is 0. The predicted octanol–water partition coefficient (Wildman–Crippen LogP) is 7.53. The molecule has 0 N–H and O–H groups in total. The van der Waals surface area contributed by atoms with Gasteiger partial charge in [0.2, 0.25) is 0 Å². The Morgan fingerprint density at radius 1 is 0.786 bits per heavy atom. The first-order valence-corrected chi connectivity index (χ1v) is 9.60. The van der Waals surface area contributed by atoms with Gasteiger partial charge < -0.3 is 4.74 Å². The van der Waals surface area contributed by atoms with Gasteiger partial charge in [0.05, 0.1) is 7.11 Å². The Hall–Kier alpha value is -2.72. The average molecular weight is 439 g/mol. The van der Waals surface area contributed by atoms with E-state index in [1.54, 1.807) is 25.3 Å². The highest BCUT2D eigenvalue weighted by molar-refractivity contribution is 9.10. The lowest BCUT2D eigenvalue weighted by molar-refractivity contribution is 0.416. The maximum absolute atomic E-state index is 15.0. The maximum atomic E-state index is 15.0. The van der Waals surface area contributed by atoms with Gasteiger partial charge >= 0.3 is 0 Å². The van der Waals surface area contributed by atoms with Crippen molar-refractivity contribution in [1.82, 2.24) is 0 Å². The zero-order valence-corrected chi connectivity index (χ0v) is 17.0. The van der Waals surface area contributed by atoms with Crippen molar-refractivity contribution in [2.24, 2.45) is 0 Å². The first-order chi connectivity index (χ1) is 13.5. The van der Waals surface area contributed by atoms with Crippen molar-refractivity contribution < 1.29 is 13.5 Å². The van der Waals surface area contributed by atoms with Gasteiger partial charge in [-0.25, -0.2) is 8.78 Å². The Morgan fingerprint density at radius 3 is 2.32 bits per heavy atom. The Balaban J connectivity index is 2.06. The molecule has 1 nitrogen and oxygen atoms in total. The Morgan fingerprint density at radius 2 is 1.54 bits per heavy atom. The lowest BCUT2D eigenvalue weighted by Gasteiger charge is -2.17. The summed E-state index contributed by atoms with van der Waals surface area (Å²) in [7, 11) is 1.56. The molecule has 4 aromatic carbocycles. The highest BCUT2D eigenvalue weighted by Gasteiger charge is 2.18. The highest BCUT2D eigenvalue weighted by atomic mass is 79.9. The minimum absolute atomic E-state index is 0.333. The molecular weight excluding hydrogens is 422 g/mol. The van der Waals surface area contributed by atoms with Crippen LogP contribution in [0.4, 0.5) is 8.78 Å². The molecule has 0 fully saturated rings. The molecule has 0 saturated heterocycles. The van der Waals surface area contributed by atoms with Crippen LogP contribution in [0.2, 0.25) is 0 Å². The summed E-state index contributed by atoms with van der Waals surface area (Å²) in [5.41, 5.74) is 3.04. The van der Waals surface area contributed by atoms with Crippen LogP contribution in [0.3, 0.4) is 0 Å². The molecule has 0 aliphatic rings. The van der Waals surface area contributed by atoms with Crippen LogP contribution in [0.25, 0.3) is 33.0 Å². The van der Waals surface area contributed by atoms with E-state index in [0.29, 0.717) is 28.0 Å². The number of aryl methyl sites for hydroxylation is 1. The molecule has 0 atom stereocenters. The number of halogens is 3. The standard InChI is InChI=1S/C24H17BrF2O/c1-14-11-23(28-2)20(13-18(14)19-12-16(25)8-10-21(19)26)24-17-6-4-3-5-15(17)7-9-22(24)27/h3-13H,1-2H3. The van der Waals surface area contributed by atoms with Crippen molar-refractivity contribution in [2.45, 2.75) is 6.92 Å². The number of hydrogen-bond donors (Lipinski definition) is 0. The lowest BCUT2D eigenvalue weighted by atomic mass is 9.91. The van der Waals surface area contributed by atoms with E-state index in [2.05, 4.69) is 15.9 Å². The van der Waals surface area contributed by atoms with Crippen LogP contribution in [0.1, 0.15) is 5.56 Å². The summed E-state index contributed by atoms with van der Waals surface area (Å²) < 4.78 is 35.9. The van der Waals surface area contributed by atoms with Crippen molar-refractivity contribution in [3.8, 4) is 28.0 Å². The van der Waals surface area contributed by atoms with Crippen molar-refractivity contribution in [1.29, 1.82) is 0 Å². The van der Waals surface area contributed by atoms with Gasteiger partial charge in [-0.3, -0.25) is 0 Å². The van der Waals surface area contributed by atoms with E-state index < -0.39 is 0 Å². The third kappa shape index (κ3) is 3.18. The number of benzene rings is 4. The summed E-state index contributed by atoms with van der Waals surface area (Å²) in [6, 6.07) is 19.3. The third-order valence-electron chi connectivity index (χ3n) is 4.91. The van der Waals surface area contributed by atoms with Gasteiger partial charge in [-0.15, -0.1) is 0 Å². The smallest absolute Gasteiger partial charge is 0.131 e. The second-order valence-corrected chi connectivity index (χ2v) is 7.55. The number of ether oxygens (including phenoxy) is 1. The summed E-state index contributed by atoms with van der Waals surface area (Å²) in [4.78, 5) is 0. The third-order valence-corrected chi connectivity index (χ3v) is 5.41. The topological polar surface area (TPSA) is 9.23 Å². The summed E-state index contributed by atoms with van der Waals surface area (Å²) in [5.74, 6) is -0.130. The quantitative estimate of drug-likeness (QED) is 0.321. The molecule has 0 heterocycles. The number of hydrogen-bond acceptors (Lipinski definition) is 1. The molecule has 0 saturated carbocycles. The van der Waals surface area contributed by atoms with Gasteiger partial charge in [-0.1, -0.05) is 46.3 Å². The Kier molecular flexibility index (Phi) is 4.90. The van der Waals surface area contributed by atoms with Crippen LogP contribution in [-0.2, 0) is 0 Å². The van der Waals surface area contributed by atoms with Crippen molar-refractivity contribution in [3.05, 3.63) is 88.4 Å². The number of rotatable bonds is 3. The second kappa shape index (κ2) is 7.36. The first kappa shape index (κ1) is 18.6. The van der Waals surface area contributed by atoms with Crippen molar-refractivity contribution in [2.75, 3.05) is 7.11 Å². The van der Waals surface area contributed by atoms with Crippen molar-refractivity contribution in [3.63, 3.8) is 0 Å². The minimum atomic E-state index is -0.346. The van der Waals surface area contributed by atoms with E-state index in [1.165, 1.54) is 12.1 Å². The van der Waals surface area contributed by atoms with E-state index in [0.717, 1.165) is 20.8 Å². The normalized spacial score (nSPS) is 11.0. The molecule has 0 aromatic heterocycles. The van der Waals surface area contributed by atoms with Crippen LogP contribution in [0, 0.1) is 18.6 Å². The highest BCUT2D eigenvalue weighted by Crippen LogP contribution is 2.41. The number of methoxy groups -OCH3 is 1. The zero-order valence-electron chi connectivity index (χ0n) is 15.4. The maximum Gasteiger partial charge on any atom is 0.131 e. The minimum Gasteiger partial charge on any atom is -0.496 e. The fourth-order valence-electron chi connectivity index (χ4n) is 3.56. The van der Waals surface area contributed by atoms with E-state index in [4.69, 9.17) is 4.74 Å². The van der Waals surface area contributed by atoms with Crippen molar-refractivity contribution >= 4 is 26.7 Å². The van der Waals surface area contributed by atoms with Gasteiger partial charge in [0.25, 0.3) is 0 Å². The molecule has 140 valence electrons. The van der Waals surface area contributed by atoms with Crippen LogP contribution in [0.5, 0.6) is 5.75 Å². The summed E-state index contributed by atoms with van der Waals surface area (Å²) >= 11 is 3.40. The molecule has 0 spiro atoms. The summed E-state index contributed by atoms with van der Waals surface area (Å²) in [5, 5.41) is 1.71. The van der Waals surface area contributed by atoms with Crippen LogP contribution < -0.4 is 4.74 Å². The average Bonchev–Trinajstić information content (AvgIpc) is 2.70. The molecule has 0 unspecified atom stereocenters. The molecule has 0 radical (unpaired) electrons. The second-order valence-electron chi connectivity index (χ2n) is 6.64. The van der Waals surface area contributed by atoms with E-state index in [9.17, 15) is 8.78 Å². The molecule has 4 heteroatoms. The first-order valence-electron chi connectivity index (χ1n) is 8.81. The van der Waals surface area contributed by atoms with Gasteiger partial charge in [-0.2, -0.15) is 0 Å². The van der Waals surface area contributed by atoms with E-state index >= 15 is 0 Å². The fourth-order valence-corrected chi connectivity index (χ4v) is 3.92. The summed E-state index contributed by atoms with van der Waals surface area (Å²) in [6.45, 7) is 1.89. The molecule has 0 bridgehead atoms. The van der Waals surface area contributed by atoms with Crippen LogP contribution in [0.15, 0.2) is 71.2 Å². The van der Waals surface area contributed by atoms with Gasteiger partial charge in [0, 0.05) is 21.2 Å². The zero-order chi connectivity index (χ0) is 19.8. The Bertz CT molecular complexity index is 1200. The SMILES string of the molecule is COc1cc(C)c(-c2cc(Br)ccc2F)cc1-c1c(F)ccc2ccccc12. The molecule has 28 heavy (non-hydrogen) atoms. The van der Waals surface area contributed by atoms with Gasteiger partial charge in [0.15, 0.2) is 0 Å². The molecule has 0 aliphatic carbocycles. The predicted molar refractivity (Wildman–Crippen MR) is 114 cm³/mol. The molecular formula is C24H17BrF2O. The van der Waals surface area contributed by atoms with Crippen LogP contribution >= 0.6 is 15.9 Å². The number of fused-ring (bicyclic) bond motifs is 1. The lowest BCUT2D eigenvalue weighted by Crippen LogP contribution is -1.96.